The van der Waals surface area contributed by atoms with Crippen LogP contribution in [0.5, 0.6) is 17.2 Å². The van der Waals surface area contributed by atoms with Gasteiger partial charge in [-0.15, -0.1) is 0 Å². The summed E-state index contributed by atoms with van der Waals surface area (Å²) in [5, 5.41) is 0. The minimum absolute atomic E-state index is 0.849. The summed E-state index contributed by atoms with van der Waals surface area (Å²) in [6.07, 6.45) is 5.62. The average Bonchev–Trinajstić information content (AvgIpc) is 2.87. The van der Waals surface area contributed by atoms with Crippen molar-refractivity contribution in [2.45, 2.75) is 80.1 Å². The molecule has 0 N–H and O–H groups in total. The molecule has 0 radical (unpaired) electrons. The molecule has 0 unspecified atom stereocenters. The molecule has 0 spiro atoms. The quantitative estimate of drug-likeness (QED) is 0.243. The van der Waals surface area contributed by atoms with Crippen molar-refractivity contribution in [3.8, 4) is 17.2 Å². The molecule has 3 rings (SSSR count). The lowest BCUT2D eigenvalue weighted by molar-refractivity contribution is 0.382. The zero-order chi connectivity index (χ0) is 24.5. The van der Waals surface area contributed by atoms with Crippen LogP contribution in [-0.2, 0) is 38.5 Å². The van der Waals surface area contributed by atoms with Crippen molar-refractivity contribution in [3.05, 3.63) is 88.0 Å². The van der Waals surface area contributed by atoms with Gasteiger partial charge in [0.1, 0.15) is 17.2 Å². The first kappa shape index (κ1) is 26.1. The molecule has 0 bridgehead atoms. The lowest BCUT2D eigenvalue weighted by Gasteiger charge is -2.23. The van der Waals surface area contributed by atoms with Crippen LogP contribution in [0.1, 0.15) is 74.9 Å². The Labute approximate surface area is 207 Å². The normalized spacial score (nSPS) is 11.0. The first-order valence-electron chi connectivity index (χ1n) is 12.8. The van der Waals surface area contributed by atoms with Crippen molar-refractivity contribution >= 4 is 8.60 Å². The summed E-state index contributed by atoms with van der Waals surface area (Å²) >= 11 is 0. The SMILES string of the molecule is CCc1cccc(OP(Oc2cccc(CC)c2CC)Oc2cccc(CC)c2CC)c1CC. The van der Waals surface area contributed by atoms with E-state index in [1.54, 1.807) is 0 Å². The smallest absolute Gasteiger partial charge is 0.408 e. The molecule has 3 aromatic rings. The molecular formula is C30H39O3P. The maximum atomic E-state index is 6.55. The predicted octanol–water partition coefficient (Wildman–Crippen LogP) is 8.82. The predicted molar refractivity (Wildman–Crippen MR) is 144 cm³/mol. The second kappa shape index (κ2) is 12.8. The number of benzene rings is 3. The minimum Gasteiger partial charge on any atom is -0.408 e. The zero-order valence-electron chi connectivity index (χ0n) is 21.6. The van der Waals surface area contributed by atoms with Crippen LogP contribution in [0, 0.1) is 0 Å². The summed E-state index contributed by atoms with van der Waals surface area (Å²) in [7, 11) is -1.71. The lowest BCUT2D eigenvalue weighted by Crippen LogP contribution is -2.08. The van der Waals surface area contributed by atoms with Gasteiger partial charge in [-0.2, -0.15) is 0 Å². The van der Waals surface area contributed by atoms with E-state index in [1.807, 2.05) is 18.2 Å². The summed E-state index contributed by atoms with van der Waals surface area (Å²) < 4.78 is 19.7. The molecule has 0 aliphatic rings. The van der Waals surface area contributed by atoms with Crippen LogP contribution >= 0.6 is 8.60 Å². The molecule has 0 aromatic heterocycles. The fourth-order valence-corrected chi connectivity index (χ4v) is 5.69. The Morgan fingerprint density at radius 1 is 0.441 bits per heavy atom. The monoisotopic (exact) mass is 478 g/mol. The van der Waals surface area contributed by atoms with Crippen LogP contribution in [0.2, 0.25) is 0 Å². The molecular weight excluding hydrogens is 439 g/mol. The van der Waals surface area contributed by atoms with Gasteiger partial charge in [-0.25, -0.2) is 0 Å². The number of rotatable bonds is 12. The summed E-state index contributed by atoms with van der Waals surface area (Å²) in [5.74, 6) is 2.55. The molecule has 0 amide bonds. The van der Waals surface area contributed by atoms with Crippen LogP contribution in [0.25, 0.3) is 0 Å². The van der Waals surface area contributed by atoms with Crippen molar-refractivity contribution in [2.24, 2.45) is 0 Å². The Kier molecular flexibility index (Phi) is 9.84. The second-order valence-electron chi connectivity index (χ2n) is 8.30. The number of aryl methyl sites for hydroxylation is 3. The maximum Gasteiger partial charge on any atom is 0.530 e. The number of hydrogen-bond acceptors (Lipinski definition) is 3. The van der Waals surface area contributed by atoms with Gasteiger partial charge in [-0.05, 0) is 90.1 Å². The fraction of sp³-hybridized carbons (Fsp3) is 0.400. The van der Waals surface area contributed by atoms with E-state index in [0.717, 1.165) is 55.8 Å². The third kappa shape index (κ3) is 5.94. The summed E-state index contributed by atoms with van der Waals surface area (Å²) in [6.45, 7) is 13.1. The van der Waals surface area contributed by atoms with E-state index in [4.69, 9.17) is 13.6 Å². The summed E-state index contributed by atoms with van der Waals surface area (Å²) in [6, 6.07) is 18.8. The van der Waals surface area contributed by atoms with Gasteiger partial charge in [-0.1, -0.05) is 77.9 Å². The second-order valence-corrected chi connectivity index (χ2v) is 9.30. The standard InChI is InChI=1S/C30H39O3P/c1-7-22-16-13-19-28(25(22)10-4)31-34(32-29-20-14-17-23(8-2)26(29)11-5)33-30-21-15-18-24(9-3)27(30)12-6/h13-21H,7-12H2,1-6H3. The zero-order valence-corrected chi connectivity index (χ0v) is 22.5. The summed E-state index contributed by atoms with van der Waals surface area (Å²) in [5.41, 5.74) is 7.58. The molecule has 0 aliphatic heterocycles. The van der Waals surface area contributed by atoms with Crippen molar-refractivity contribution in [1.82, 2.24) is 0 Å². The van der Waals surface area contributed by atoms with E-state index in [-0.39, 0.29) is 0 Å². The van der Waals surface area contributed by atoms with Gasteiger partial charge >= 0.3 is 8.60 Å². The van der Waals surface area contributed by atoms with Gasteiger partial charge in [0.25, 0.3) is 0 Å². The summed E-state index contributed by atoms with van der Waals surface area (Å²) in [4.78, 5) is 0. The van der Waals surface area contributed by atoms with Crippen molar-refractivity contribution in [1.29, 1.82) is 0 Å². The van der Waals surface area contributed by atoms with E-state index in [2.05, 4.69) is 77.9 Å². The van der Waals surface area contributed by atoms with Gasteiger partial charge in [0.2, 0.25) is 0 Å². The fourth-order valence-electron chi connectivity index (χ4n) is 4.58. The van der Waals surface area contributed by atoms with Crippen LogP contribution in [-0.4, -0.2) is 0 Å². The molecule has 3 nitrogen and oxygen atoms in total. The largest absolute Gasteiger partial charge is 0.530 e. The molecule has 0 aliphatic carbocycles. The molecule has 0 saturated heterocycles. The third-order valence-electron chi connectivity index (χ3n) is 6.41. The van der Waals surface area contributed by atoms with Crippen LogP contribution in [0.15, 0.2) is 54.6 Å². The van der Waals surface area contributed by atoms with Gasteiger partial charge in [-0.3, -0.25) is 0 Å². The number of hydrogen-bond donors (Lipinski definition) is 0. The first-order chi connectivity index (χ1) is 16.6. The van der Waals surface area contributed by atoms with E-state index in [1.165, 1.54) is 33.4 Å². The topological polar surface area (TPSA) is 27.7 Å². The highest BCUT2D eigenvalue weighted by molar-refractivity contribution is 7.43. The van der Waals surface area contributed by atoms with E-state index in [9.17, 15) is 0 Å². The Morgan fingerprint density at radius 2 is 0.735 bits per heavy atom. The van der Waals surface area contributed by atoms with Gasteiger partial charge in [0.05, 0.1) is 0 Å². The third-order valence-corrected chi connectivity index (χ3v) is 7.45. The van der Waals surface area contributed by atoms with Crippen LogP contribution in [0.4, 0.5) is 0 Å². The molecule has 0 fully saturated rings. The molecule has 0 heterocycles. The minimum atomic E-state index is -1.71. The van der Waals surface area contributed by atoms with Crippen LogP contribution in [0.3, 0.4) is 0 Å². The highest BCUT2D eigenvalue weighted by atomic mass is 31.2. The Bertz CT molecular complexity index is 940. The Morgan fingerprint density at radius 3 is 0.971 bits per heavy atom. The van der Waals surface area contributed by atoms with Gasteiger partial charge < -0.3 is 13.6 Å². The van der Waals surface area contributed by atoms with Crippen LogP contribution < -0.4 is 13.6 Å². The highest BCUT2D eigenvalue weighted by Gasteiger charge is 2.25. The van der Waals surface area contributed by atoms with E-state index >= 15 is 0 Å². The molecule has 182 valence electrons. The highest BCUT2D eigenvalue weighted by Crippen LogP contribution is 2.46. The van der Waals surface area contributed by atoms with Gasteiger partial charge in [0, 0.05) is 0 Å². The lowest BCUT2D eigenvalue weighted by atomic mass is 10.0. The van der Waals surface area contributed by atoms with Crippen molar-refractivity contribution in [3.63, 3.8) is 0 Å². The molecule has 34 heavy (non-hydrogen) atoms. The Hall–Kier alpha value is -2.51. The maximum absolute atomic E-state index is 6.55. The average molecular weight is 479 g/mol. The van der Waals surface area contributed by atoms with Crippen molar-refractivity contribution < 1.29 is 13.6 Å². The molecule has 4 heteroatoms. The van der Waals surface area contributed by atoms with Crippen molar-refractivity contribution in [2.75, 3.05) is 0 Å². The Balaban J connectivity index is 2.03. The van der Waals surface area contributed by atoms with Gasteiger partial charge in [0.15, 0.2) is 0 Å². The first-order valence-corrected chi connectivity index (χ1v) is 13.9. The molecule has 0 saturated carbocycles. The molecule has 0 atom stereocenters. The molecule has 3 aromatic carbocycles. The van der Waals surface area contributed by atoms with E-state index < -0.39 is 8.60 Å². The van der Waals surface area contributed by atoms with E-state index in [0.29, 0.717) is 0 Å².